The van der Waals surface area contributed by atoms with E-state index in [4.69, 9.17) is 0 Å². The molecule has 2 heterocycles. The summed E-state index contributed by atoms with van der Waals surface area (Å²) in [6.45, 7) is 5.69. The number of aryl methyl sites for hydroxylation is 2. The van der Waals surface area contributed by atoms with Crippen molar-refractivity contribution in [3.8, 4) is 0 Å². The van der Waals surface area contributed by atoms with Crippen LogP contribution in [0, 0.1) is 19.7 Å². The first-order valence-corrected chi connectivity index (χ1v) is 8.79. The van der Waals surface area contributed by atoms with Crippen molar-refractivity contribution in [2.75, 3.05) is 5.75 Å². The number of carbonyl (C=O) groups excluding carboxylic acids is 1. The van der Waals surface area contributed by atoms with Crippen molar-refractivity contribution in [3.05, 3.63) is 53.1 Å². The van der Waals surface area contributed by atoms with Crippen molar-refractivity contribution in [3.63, 3.8) is 0 Å². The van der Waals surface area contributed by atoms with E-state index in [0.29, 0.717) is 10.9 Å². The molecule has 3 rings (SSSR count). The van der Waals surface area contributed by atoms with Gasteiger partial charge in [0.05, 0.1) is 11.8 Å². The molecule has 0 aliphatic rings. The fraction of sp³-hybridized carbons (Fsp3) is 0.294. The van der Waals surface area contributed by atoms with Crippen molar-refractivity contribution in [2.45, 2.75) is 32.0 Å². The van der Waals surface area contributed by atoms with Gasteiger partial charge in [-0.25, -0.2) is 13.9 Å². The maximum atomic E-state index is 13.0. The Hall–Kier alpha value is -2.48. The third-order valence-corrected chi connectivity index (χ3v) is 4.52. The quantitative estimate of drug-likeness (QED) is 0.709. The van der Waals surface area contributed by atoms with Gasteiger partial charge in [0, 0.05) is 11.4 Å². The molecule has 0 saturated heterocycles. The van der Waals surface area contributed by atoms with E-state index in [0.717, 1.165) is 17.0 Å². The number of fused-ring (bicyclic) bond motifs is 1. The zero-order valence-corrected chi connectivity index (χ0v) is 15.0. The van der Waals surface area contributed by atoms with Crippen molar-refractivity contribution in [2.24, 2.45) is 0 Å². The molecule has 0 aliphatic heterocycles. The summed E-state index contributed by atoms with van der Waals surface area (Å²) in [7, 11) is 0. The topological polar surface area (TPSA) is 72.2 Å². The summed E-state index contributed by atoms with van der Waals surface area (Å²) >= 11 is 1.25. The molecule has 0 aliphatic carbocycles. The lowest BCUT2D eigenvalue weighted by Crippen LogP contribution is -2.28. The lowest BCUT2D eigenvalue weighted by Gasteiger charge is -2.13. The number of nitrogens with one attached hydrogen (secondary N) is 1. The molecule has 0 saturated carbocycles. The molecule has 8 heteroatoms. The van der Waals surface area contributed by atoms with Gasteiger partial charge in [-0.3, -0.25) is 4.79 Å². The van der Waals surface area contributed by atoms with Crippen LogP contribution < -0.4 is 5.32 Å². The summed E-state index contributed by atoms with van der Waals surface area (Å²) in [4.78, 5) is 20.8. The van der Waals surface area contributed by atoms with Gasteiger partial charge in [-0.2, -0.15) is 4.98 Å². The van der Waals surface area contributed by atoms with E-state index in [1.54, 1.807) is 16.6 Å². The second-order valence-corrected chi connectivity index (χ2v) is 6.72. The van der Waals surface area contributed by atoms with E-state index in [1.807, 2.05) is 26.8 Å². The second kappa shape index (κ2) is 7.18. The molecule has 0 spiro atoms. The van der Waals surface area contributed by atoms with Gasteiger partial charge in [0.15, 0.2) is 0 Å². The van der Waals surface area contributed by atoms with Crippen molar-refractivity contribution in [1.82, 2.24) is 24.9 Å². The monoisotopic (exact) mass is 359 g/mol. The molecule has 0 bridgehead atoms. The van der Waals surface area contributed by atoms with Crippen LogP contribution in [0.3, 0.4) is 0 Å². The molecule has 6 nitrogen and oxygen atoms in total. The number of benzene rings is 1. The molecule has 0 radical (unpaired) electrons. The van der Waals surface area contributed by atoms with Gasteiger partial charge >= 0.3 is 0 Å². The summed E-state index contributed by atoms with van der Waals surface area (Å²) < 4.78 is 14.6. The van der Waals surface area contributed by atoms with Crippen LogP contribution in [-0.2, 0) is 4.79 Å². The molecule has 1 amide bonds. The van der Waals surface area contributed by atoms with Crippen LogP contribution in [0.1, 0.15) is 29.9 Å². The highest BCUT2D eigenvalue weighted by Crippen LogP contribution is 2.17. The lowest BCUT2D eigenvalue weighted by atomic mass is 10.1. The number of aromatic nitrogens is 4. The Bertz CT molecular complexity index is 909. The number of nitrogens with zero attached hydrogens (tertiary/aromatic N) is 4. The highest BCUT2D eigenvalue weighted by molar-refractivity contribution is 7.99. The molecule has 3 aromatic rings. The standard InChI is InChI=1S/C17H18FN5OS/c1-10-8-11(2)23-16(19-10)21-17(22-23)25-9-15(24)20-12(3)13-4-6-14(18)7-5-13/h4-8,12H,9H2,1-3H3,(H,20,24). The Kier molecular flexibility index (Phi) is 4.98. The Labute approximate surface area is 148 Å². The van der Waals surface area contributed by atoms with E-state index in [1.165, 1.54) is 23.9 Å². The van der Waals surface area contributed by atoms with Crippen LogP contribution in [0.5, 0.6) is 0 Å². The first kappa shape index (κ1) is 17.3. The van der Waals surface area contributed by atoms with E-state index >= 15 is 0 Å². The number of rotatable bonds is 5. The normalized spacial score (nSPS) is 12.3. The smallest absolute Gasteiger partial charge is 0.253 e. The highest BCUT2D eigenvalue weighted by Gasteiger charge is 2.13. The van der Waals surface area contributed by atoms with Crippen LogP contribution in [0.4, 0.5) is 4.39 Å². The Morgan fingerprint density at radius 3 is 2.72 bits per heavy atom. The molecular formula is C17H18FN5OS. The molecular weight excluding hydrogens is 341 g/mol. The summed E-state index contributed by atoms with van der Waals surface area (Å²) in [6.07, 6.45) is 0. The van der Waals surface area contributed by atoms with Gasteiger partial charge in [0.25, 0.3) is 5.78 Å². The maximum Gasteiger partial charge on any atom is 0.253 e. The minimum Gasteiger partial charge on any atom is -0.349 e. The van der Waals surface area contributed by atoms with Crippen LogP contribution in [0.2, 0.25) is 0 Å². The number of thioether (sulfide) groups is 1. The number of halogens is 1. The predicted octanol–water partition coefficient (Wildman–Crippen LogP) is 2.85. The van der Waals surface area contributed by atoms with E-state index in [-0.39, 0.29) is 23.5 Å². The minimum absolute atomic E-state index is 0.137. The van der Waals surface area contributed by atoms with Crippen LogP contribution in [0.25, 0.3) is 5.78 Å². The first-order chi connectivity index (χ1) is 11.9. The van der Waals surface area contributed by atoms with Gasteiger partial charge in [-0.1, -0.05) is 23.9 Å². The molecule has 1 aromatic carbocycles. The number of hydrogen-bond acceptors (Lipinski definition) is 5. The summed E-state index contributed by atoms with van der Waals surface area (Å²) in [6, 6.07) is 7.80. The summed E-state index contributed by atoms with van der Waals surface area (Å²) in [5.41, 5.74) is 2.66. The third kappa shape index (κ3) is 4.14. The molecule has 1 N–H and O–H groups in total. The van der Waals surface area contributed by atoms with E-state index < -0.39 is 0 Å². The SMILES string of the molecule is Cc1cc(C)n2nc(SCC(=O)NC(C)c3ccc(F)cc3)nc2n1. The molecule has 1 unspecified atom stereocenters. The second-order valence-electron chi connectivity index (χ2n) is 5.77. The molecule has 130 valence electrons. The number of hydrogen-bond donors (Lipinski definition) is 1. The van der Waals surface area contributed by atoms with E-state index in [2.05, 4.69) is 20.4 Å². The van der Waals surface area contributed by atoms with Crippen LogP contribution >= 0.6 is 11.8 Å². The van der Waals surface area contributed by atoms with Crippen LogP contribution in [-0.4, -0.2) is 31.2 Å². The molecule has 25 heavy (non-hydrogen) atoms. The average Bonchev–Trinajstić information content (AvgIpc) is 2.97. The minimum atomic E-state index is -0.296. The van der Waals surface area contributed by atoms with Crippen LogP contribution in [0.15, 0.2) is 35.5 Å². The number of carbonyl (C=O) groups is 1. The lowest BCUT2D eigenvalue weighted by molar-refractivity contribution is -0.119. The summed E-state index contributed by atoms with van der Waals surface area (Å²) in [5.74, 6) is 0.289. The number of amides is 1. The molecule has 2 aromatic heterocycles. The Morgan fingerprint density at radius 2 is 2.00 bits per heavy atom. The Morgan fingerprint density at radius 1 is 1.28 bits per heavy atom. The van der Waals surface area contributed by atoms with Crippen molar-refractivity contribution >= 4 is 23.4 Å². The van der Waals surface area contributed by atoms with Gasteiger partial charge in [-0.05, 0) is 44.5 Å². The van der Waals surface area contributed by atoms with Gasteiger partial charge < -0.3 is 5.32 Å². The predicted molar refractivity (Wildman–Crippen MR) is 93.9 cm³/mol. The van der Waals surface area contributed by atoms with Crippen molar-refractivity contribution in [1.29, 1.82) is 0 Å². The average molecular weight is 359 g/mol. The zero-order valence-electron chi connectivity index (χ0n) is 14.2. The first-order valence-electron chi connectivity index (χ1n) is 7.81. The van der Waals surface area contributed by atoms with Crippen molar-refractivity contribution < 1.29 is 9.18 Å². The van der Waals surface area contributed by atoms with Gasteiger partial charge in [0.1, 0.15) is 5.82 Å². The van der Waals surface area contributed by atoms with E-state index in [9.17, 15) is 9.18 Å². The molecule has 1 atom stereocenters. The molecule has 0 fully saturated rings. The largest absolute Gasteiger partial charge is 0.349 e. The summed E-state index contributed by atoms with van der Waals surface area (Å²) in [5, 5.41) is 7.74. The Balaban J connectivity index is 1.60. The van der Waals surface area contributed by atoms with Gasteiger partial charge in [-0.15, -0.1) is 5.10 Å². The maximum absolute atomic E-state index is 13.0. The fourth-order valence-electron chi connectivity index (χ4n) is 2.46. The fourth-order valence-corrected chi connectivity index (χ4v) is 3.09. The highest BCUT2D eigenvalue weighted by atomic mass is 32.2. The van der Waals surface area contributed by atoms with Gasteiger partial charge in [0.2, 0.25) is 11.1 Å². The third-order valence-electron chi connectivity index (χ3n) is 3.68. The zero-order chi connectivity index (χ0) is 18.0.